The Bertz CT molecular complexity index is 1030. The highest BCUT2D eigenvalue weighted by Crippen LogP contribution is 2.39. The largest absolute Gasteiger partial charge is 0.465 e. The maximum Gasteiger partial charge on any atom is 0.322 e. The zero-order valence-corrected chi connectivity index (χ0v) is 16.6. The third kappa shape index (κ3) is 3.17. The van der Waals surface area contributed by atoms with Crippen LogP contribution in [0.4, 0.5) is 14.9 Å². The van der Waals surface area contributed by atoms with Crippen molar-refractivity contribution in [3.63, 3.8) is 0 Å². The summed E-state index contributed by atoms with van der Waals surface area (Å²) in [5.74, 6) is 0.0701. The Hall–Kier alpha value is -3.13. The first kappa shape index (κ1) is 18.9. The normalized spacial score (nSPS) is 22.5. The maximum atomic E-state index is 14.0. The van der Waals surface area contributed by atoms with Crippen LogP contribution >= 0.6 is 0 Å². The summed E-state index contributed by atoms with van der Waals surface area (Å²) in [5.41, 5.74) is 3.06. The minimum atomic E-state index is -0.491. The summed E-state index contributed by atoms with van der Waals surface area (Å²) < 4.78 is 24.6. The molecule has 1 N–H and O–H groups in total. The summed E-state index contributed by atoms with van der Waals surface area (Å²) in [4.78, 5) is 29.2. The van der Waals surface area contributed by atoms with Crippen molar-refractivity contribution in [3.8, 4) is 5.75 Å². The molecule has 2 atom stereocenters. The fourth-order valence-electron chi connectivity index (χ4n) is 4.57. The standard InChI is InChI=1S/C22H22FN3O4/c1-13-8-26-19(17-5-3-2-4-16(13)17)9-25(10-20(26)27)22(28)24-18-7-15(23)6-14-11-29-12-30-21(14)18/h2-7,13,19H,8-12H2,1H3,(H,24,28)/t13-,19-/m1/s1. The lowest BCUT2D eigenvalue weighted by Crippen LogP contribution is -2.56. The predicted molar refractivity (Wildman–Crippen MR) is 107 cm³/mol. The summed E-state index contributed by atoms with van der Waals surface area (Å²) in [7, 11) is 0. The predicted octanol–water partition coefficient (Wildman–Crippen LogP) is 3.23. The zero-order chi connectivity index (χ0) is 20.8. The van der Waals surface area contributed by atoms with E-state index in [1.54, 1.807) is 0 Å². The Morgan fingerprint density at radius 3 is 2.83 bits per heavy atom. The summed E-state index contributed by atoms with van der Waals surface area (Å²) in [5, 5.41) is 2.73. The minimum Gasteiger partial charge on any atom is -0.465 e. The highest BCUT2D eigenvalue weighted by molar-refractivity contribution is 5.94. The van der Waals surface area contributed by atoms with Gasteiger partial charge in [0.2, 0.25) is 5.91 Å². The smallest absolute Gasteiger partial charge is 0.322 e. The van der Waals surface area contributed by atoms with E-state index in [-0.39, 0.29) is 43.5 Å². The number of halogens is 1. The van der Waals surface area contributed by atoms with Crippen LogP contribution < -0.4 is 10.1 Å². The van der Waals surface area contributed by atoms with Crippen LogP contribution in [0.5, 0.6) is 5.75 Å². The molecule has 3 heterocycles. The monoisotopic (exact) mass is 411 g/mol. The summed E-state index contributed by atoms with van der Waals surface area (Å²) >= 11 is 0. The van der Waals surface area contributed by atoms with Gasteiger partial charge in [-0.3, -0.25) is 4.79 Å². The van der Waals surface area contributed by atoms with E-state index in [2.05, 4.69) is 18.3 Å². The van der Waals surface area contributed by atoms with Crippen molar-refractivity contribution in [2.45, 2.75) is 25.5 Å². The van der Waals surface area contributed by atoms with Gasteiger partial charge in [0.05, 0.1) is 18.3 Å². The molecule has 8 heteroatoms. The molecular formula is C22H22FN3O4. The quantitative estimate of drug-likeness (QED) is 0.782. The number of amides is 3. The average Bonchev–Trinajstić information content (AvgIpc) is 2.74. The average molecular weight is 411 g/mol. The molecule has 0 unspecified atom stereocenters. The molecule has 7 nitrogen and oxygen atoms in total. The van der Waals surface area contributed by atoms with E-state index >= 15 is 0 Å². The fraction of sp³-hybridized carbons (Fsp3) is 0.364. The molecule has 0 aliphatic carbocycles. The number of rotatable bonds is 1. The molecule has 2 aromatic rings. The molecule has 3 amide bonds. The van der Waals surface area contributed by atoms with Crippen LogP contribution in [0.2, 0.25) is 0 Å². The minimum absolute atomic E-state index is 0.0152. The van der Waals surface area contributed by atoms with E-state index in [4.69, 9.17) is 9.47 Å². The summed E-state index contributed by atoms with van der Waals surface area (Å²) in [6, 6.07) is 9.96. The van der Waals surface area contributed by atoms with Gasteiger partial charge in [-0.25, -0.2) is 9.18 Å². The number of fused-ring (bicyclic) bond motifs is 4. The number of benzene rings is 2. The van der Waals surface area contributed by atoms with Gasteiger partial charge >= 0.3 is 6.03 Å². The van der Waals surface area contributed by atoms with E-state index in [1.165, 1.54) is 22.6 Å². The number of urea groups is 1. The second kappa shape index (κ2) is 7.28. The van der Waals surface area contributed by atoms with Crippen molar-refractivity contribution >= 4 is 17.6 Å². The third-order valence-electron chi connectivity index (χ3n) is 5.98. The lowest BCUT2D eigenvalue weighted by atomic mass is 9.85. The topological polar surface area (TPSA) is 71.1 Å². The molecule has 3 aliphatic heterocycles. The molecule has 1 fully saturated rings. The Morgan fingerprint density at radius 2 is 2.00 bits per heavy atom. The van der Waals surface area contributed by atoms with Gasteiger partial charge in [0.1, 0.15) is 12.4 Å². The van der Waals surface area contributed by atoms with Crippen molar-refractivity contribution in [1.29, 1.82) is 0 Å². The van der Waals surface area contributed by atoms with E-state index in [1.807, 2.05) is 23.1 Å². The molecule has 0 aromatic heterocycles. The number of anilines is 1. The molecule has 2 aromatic carbocycles. The van der Waals surface area contributed by atoms with Gasteiger partial charge in [-0.05, 0) is 23.1 Å². The van der Waals surface area contributed by atoms with Crippen molar-refractivity contribution in [2.75, 3.05) is 31.7 Å². The summed E-state index contributed by atoms with van der Waals surface area (Å²) in [6.07, 6.45) is 0. The van der Waals surface area contributed by atoms with Crippen molar-refractivity contribution in [3.05, 3.63) is 58.9 Å². The first-order chi connectivity index (χ1) is 14.5. The van der Waals surface area contributed by atoms with Gasteiger partial charge in [0.25, 0.3) is 0 Å². The van der Waals surface area contributed by atoms with Gasteiger partial charge in [-0.1, -0.05) is 31.2 Å². The number of carbonyl (C=O) groups excluding carboxylic acids is 2. The molecule has 3 aliphatic rings. The van der Waals surface area contributed by atoms with Crippen molar-refractivity contribution in [2.24, 2.45) is 0 Å². The Morgan fingerprint density at radius 1 is 1.20 bits per heavy atom. The van der Waals surface area contributed by atoms with Crippen LogP contribution in [0.15, 0.2) is 36.4 Å². The highest BCUT2D eigenvalue weighted by atomic mass is 19.1. The van der Waals surface area contributed by atoms with Crippen LogP contribution in [-0.4, -0.2) is 48.2 Å². The van der Waals surface area contributed by atoms with Gasteiger partial charge in [0.15, 0.2) is 12.5 Å². The second-order valence-corrected chi connectivity index (χ2v) is 7.95. The molecule has 156 valence electrons. The molecule has 1 saturated heterocycles. The highest BCUT2D eigenvalue weighted by Gasteiger charge is 2.40. The summed E-state index contributed by atoms with van der Waals surface area (Å²) in [6.45, 7) is 3.36. The van der Waals surface area contributed by atoms with Crippen molar-refractivity contribution < 1.29 is 23.5 Å². The molecular weight excluding hydrogens is 389 g/mol. The first-order valence-electron chi connectivity index (χ1n) is 9.98. The fourth-order valence-corrected chi connectivity index (χ4v) is 4.57. The Kier molecular flexibility index (Phi) is 4.58. The molecule has 0 bridgehead atoms. The van der Waals surface area contributed by atoms with Crippen LogP contribution in [-0.2, 0) is 16.1 Å². The van der Waals surface area contributed by atoms with Gasteiger partial charge < -0.3 is 24.6 Å². The number of piperazine rings is 1. The molecule has 0 radical (unpaired) electrons. The van der Waals surface area contributed by atoms with Crippen LogP contribution in [0.25, 0.3) is 0 Å². The van der Waals surface area contributed by atoms with Gasteiger partial charge in [-0.15, -0.1) is 0 Å². The number of carbonyl (C=O) groups is 2. The first-order valence-corrected chi connectivity index (χ1v) is 9.98. The molecule has 0 spiro atoms. The van der Waals surface area contributed by atoms with Crippen LogP contribution in [0.1, 0.15) is 35.6 Å². The molecule has 30 heavy (non-hydrogen) atoms. The number of hydrogen-bond donors (Lipinski definition) is 1. The second-order valence-electron chi connectivity index (χ2n) is 7.95. The maximum absolute atomic E-state index is 14.0. The van der Waals surface area contributed by atoms with Gasteiger partial charge in [0, 0.05) is 24.7 Å². The molecule has 5 rings (SSSR count). The SMILES string of the molecule is C[C@@H]1CN2C(=O)CN(C(=O)Nc3cc(F)cc4c3OCOC4)C[C@@H]2c2ccccc21. The van der Waals surface area contributed by atoms with E-state index in [0.29, 0.717) is 24.4 Å². The van der Waals surface area contributed by atoms with E-state index < -0.39 is 11.8 Å². The van der Waals surface area contributed by atoms with Crippen molar-refractivity contribution in [1.82, 2.24) is 9.80 Å². The number of nitrogens with one attached hydrogen (secondary N) is 1. The Labute approximate surface area is 173 Å². The zero-order valence-electron chi connectivity index (χ0n) is 16.6. The van der Waals surface area contributed by atoms with E-state index in [0.717, 1.165) is 5.56 Å². The number of ether oxygens (including phenoxy) is 2. The number of hydrogen-bond acceptors (Lipinski definition) is 4. The van der Waals surface area contributed by atoms with Gasteiger partial charge in [-0.2, -0.15) is 0 Å². The lowest BCUT2D eigenvalue weighted by Gasteiger charge is -2.46. The van der Waals surface area contributed by atoms with Crippen LogP contribution in [0, 0.1) is 5.82 Å². The number of nitrogens with zero attached hydrogens (tertiary/aromatic N) is 2. The molecule has 0 saturated carbocycles. The van der Waals surface area contributed by atoms with Crippen LogP contribution in [0.3, 0.4) is 0 Å². The lowest BCUT2D eigenvalue weighted by molar-refractivity contribution is -0.139. The third-order valence-corrected chi connectivity index (χ3v) is 5.98. The van der Waals surface area contributed by atoms with E-state index in [9.17, 15) is 14.0 Å². The Balaban J connectivity index is 1.40.